The number of nitrogens with one attached hydrogen (secondary N) is 2. The Morgan fingerprint density at radius 1 is 1.24 bits per heavy atom. The summed E-state index contributed by atoms with van der Waals surface area (Å²) in [5.74, 6) is 4.32. The molecule has 4 heteroatoms. The molecule has 2 bridgehead atoms. The summed E-state index contributed by atoms with van der Waals surface area (Å²) in [5.41, 5.74) is 0.739. The molecule has 3 saturated carbocycles. The van der Waals surface area contributed by atoms with E-state index in [0.29, 0.717) is 18.3 Å². The fourth-order valence-electron chi connectivity index (χ4n) is 4.75. The SMILES string of the molecule is COc1ccccc1NC(=O)CNC1C2C3CCC(C3)C12. The maximum Gasteiger partial charge on any atom is 0.238 e. The van der Waals surface area contributed by atoms with E-state index in [1.807, 2.05) is 24.3 Å². The molecule has 0 saturated heterocycles. The summed E-state index contributed by atoms with van der Waals surface area (Å²) in [6, 6.07) is 8.11. The third kappa shape index (κ3) is 2.22. The maximum atomic E-state index is 12.1. The molecule has 4 nitrogen and oxygen atoms in total. The Hall–Kier alpha value is -1.55. The molecule has 1 aromatic carbocycles. The summed E-state index contributed by atoms with van der Waals surface area (Å²) >= 11 is 0. The molecular formula is C17H22N2O2. The molecule has 0 radical (unpaired) electrons. The van der Waals surface area contributed by atoms with E-state index in [1.54, 1.807) is 7.11 Å². The highest BCUT2D eigenvalue weighted by molar-refractivity contribution is 5.93. The number of benzene rings is 1. The van der Waals surface area contributed by atoms with E-state index in [-0.39, 0.29) is 5.91 Å². The molecule has 3 aliphatic carbocycles. The highest BCUT2D eigenvalue weighted by atomic mass is 16.5. The quantitative estimate of drug-likeness (QED) is 0.873. The van der Waals surface area contributed by atoms with Crippen molar-refractivity contribution in [3.8, 4) is 5.75 Å². The lowest BCUT2D eigenvalue weighted by Crippen LogP contribution is -2.32. The van der Waals surface area contributed by atoms with Gasteiger partial charge in [0, 0.05) is 6.04 Å². The normalized spacial score (nSPS) is 35.4. The van der Waals surface area contributed by atoms with Crippen LogP contribution in [0.4, 0.5) is 5.69 Å². The smallest absolute Gasteiger partial charge is 0.238 e. The van der Waals surface area contributed by atoms with Gasteiger partial charge in [0.15, 0.2) is 0 Å². The zero-order valence-electron chi connectivity index (χ0n) is 12.3. The number of carbonyl (C=O) groups is 1. The number of hydrogen-bond donors (Lipinski definition) is 2. The van der Waals surface area contributed by atoms with E-state index in [4.69, 9.17) is 4.74 Å². The third-order valence-electron chi connectivity index (χ3n) is 5.61. The standard InChI is InChI=1S/C17H22N2O2/c1-21-13-5-3-2-4-12(13)19-14(20)9-18-17-15-10-6-7-11(8-10)16(15)17/h2-5,10-11,15-18H,6-9H2,1H3,(H,19,20). The fourth-order valence-corrected chi connectivity index (χ4v) is 4.75. The first-order valence-electron chi connectivity index (χ1n) is 7.94. The maximum absolute atomic E-state index is 12.1. The van der Waals surface area contributed by atoms with Crippen LogP contribution in [0.5, 0.6) is 5.75 Å². The number of amides is 1. The van der Waals surface area contributed by atoms with Crippen LogP contribution in [-0.2, 0) is 4.79 Å². The van der Waals surface area contributed by atoms with Gasteiger partial charge in [0.05, 0.1) is 19.3 Å². The van der Waals surface area contributed by atoms with Gasteiger partial charge in [-0.15, -0.1) is 0 Å². The van der Waals surface area contributed by atoms with E-state index >= 15 is 0 Å². The molecule has 4 atom stereocenters. The van der Waals surface area contributed by atoms with Crippen molar-refractivity contribution in [1.29, 1.82) is 0 Å². The van der Waals surface area contributed by atoms with Crippen LogP contribution in [0, 0.1) is 23.7 Å². The van der Waals surface area contributed by atoms with Gasteiger partial charge in [-0.25, -0.2) is 0 Å². The number of fused-ring (bicyclic) bond motifs is 5. The molecule has 112 valence electrons. The molecule has 21 heavy (non-hydrogen) atoms. The number of ether oxygens (including phenoxy) is 1. The van der Waals surface area contributed by atoms with E-state index < -0.39 is 0 Å². The number of para-hydroxylation sites is 2. The molecule has 0 aliphatic heterocycles. The Morgan fingerprint density at radius 2 is 1.95 bits per heavy atom. The van der Waals surface area contributed by atoms with Crippen LogP contribution in [0.2, 0.25) is 0 Å². The van der Waals surface area contributed by atoms with Gasteiger partial charge in [-0.05, 0) is 55.1 Å². The molecule has 4 unspecified atom stereocenters. The number of carbonyl (C=O) groups excluding carboxylic acids is 1. The van der Waals surface area contributed by atoms with Gasteiger partial charge in [-0.1, -0.05) is 12.1 Å². The molecule has 2 N–H and O–H groups in total. The van der Waals surface area contributed by atoms with Gasteiger partial charge < -0.3 is 15.4 Å². The minimum absolute atomic E-state index is 0.0109. The molecule has 1 aromatic rings. The summed E-state index contributed by atoms with van der Waals surface area (Å²) in [6.45, 7) is 0.398. The molecule has 0 heterocycles. The van der Waals surface area contributed by atoms with Crippen molar-refractivity contribution >= 4 is 11.6 Å². The predicted molar refractivity (Wildman–Crippen MR) is 81.2 cm³/mol. The molecule has 3 fully saturated rings. The second kappa shape index (κ2) is 5.02. The Kier molecular flexibility index (Phi) is 3.14. The van der Waals surface area contributed by atoms with E-state index in [2.05, 4.69) is 10.6 Å². The largest absolute Gasteiger partial charge is 0.495 e. The third-order valence-corrected chi connectivity index (χ3v) is 5.61. The molecular weight excluding hydrogens is 264 g/mol. The van der Waals surface area contributed by atoms with Crippen molar-refractivity contribution in [2.75, 3.05) is 19.0 Å². The Balaban J connectivity index is 1.29. The monoisotopic (exact) mass is 286 g/mol. The Labute approximate surface area is 125 Å². The lowest BCUT2D eigenvalue weighted by atomic mass is 10.0. The van der Waals surface area contributed by atoms with Crippen molar-refractivity contribution < 1.29 is 9.53 Å². The van der Waals surface area contributed by atoms with Crippen molar-refractivity contribution in [1.82, 2.24) is 5.32 Å². The van der Waals surface area contributed by atoms with Crippen LogP contribution in [-0.4, -0.2) is 25.6 Å². The Morgan fingerprint density at radius 3 is 2.67 bits per heavy atom. The number of anilines is 1. The first-order valence-corrected chi connectivity index (χ1v) is 7.94. The summed E-state index contributed by atoms with van der Waals surface area (Å²) < 4.78 is 5.25. The fraction of sp³-hybridized carbons (Fsp3) is 0.588. The van der Waals surface area contributed by atoms with E-state index in [9.17, 15) is 4.79 Å². The van der Waals surface area contributed by atoms with E-state index in [0.717, 1.165) is 29.4 Å². The number of rotatable bonds is 5. The highest BCUT2D eigenvalue weighted by Gasteiger charge is 2.64. The molecule has 1 amide bonds. The van der Waals surface area contributed by atoms with Crippen molar-refractivity contribution in [3.63, 3.8) is 0 Å². The van der Waals surface area contributed by atoms with Gasteiger partial charge in [0.1, 0.15) is 5.75 Å². The lowest BCUT2D eigenvalue weighted by molar-refractivity contribution is -0.115. The van der Waals surface area contributed by atoms with E-state index in [1.165, 1.54) is 19.3 Å². The van der Waals surface area contributed by atoms with Crippen LogP contribution in [0.3, 0.4) is 0 Å². The average molecular weight is 286 g/mol. The van der Waals surface area contributed by atoms with Gasteiger partial charge in [0.2, 0.25) is 5.91 Å². The summed E-state index contributed by atoms with van der Waals surface area (Å²) in [7, 11) is 1.62. The van der Waals surface area contributed by atoms with Crippen LogP contribution in [0.25, 0.3) is 0 Å². The number of hydrogen-bond acceptors (Lipinski definition) is 3. The van der Waals surface area contributed by atoms with Crippen LogP contribution in [0.1, 0.15) is 19.3 Å². The molecule has 0 aromatic heterocycles. The minimum Gasteiger partial charge on any atom is -0.495 e. The minimum atomic E-state index is 0.0109. The van der Waals surface area contributed by atoms with Crippen LogP contribution in [0.15, 0.2) is 24.3 Å². The van der Waals surface area contributed by atoms with Crippen molar-refractivity contribution in [2.45, 2.75) is 25.3 Å². The van der Waals surface area contributed by atoms with Crippen LogP contribution >= 0.6 is 0 Å². The summed E-state index contributed by atoms with van der Waals surface area (Å²) in [6.07, 6.45) is 4.27. The van der Waals surface area contributed by atoms with Gasteiger partial charge >= 0.3 is 0 Å². The molecule has 0 spiro atoms. The zero-order chi connectivity index (χ0) is 14.4. The first-order chi connectivity index (χ1) is 10.3. The van der Waals surface area contributed by atoms with Gasteiger partial charge in [-0.3, -0.25) is 4.79 Å². The summed E-state index contributed by atoms with van der Waals surface area (Å²) in [4.78, 5) is 12.1. The molecule has 3 aliphatic rings. The van der Waals surface area contributed by atoms with Crippen molar-refractivity contribution in [2.24, 2.45) is 23.7 Å². The number of methoxy groups -OCH3 is 1. The average Bonchev–Trinajstić information content (AvgIpc) is 2.88. The van der Waals surface area contributed by atoms with Gasteiger partial charge in [-0.2, -0.15) is 0 Å². The topological polar surface area (TPSA) is 50.4 Å². The first kappa shape index (κ1) is 13.1. The highest BCUT2D eigenvalue weighted by Crippen LogP contribution is 2.65. The zero-order valence-corrected chi connectivity index (χ0v) is 12.3. The van der Waals surface area contributed by atoms with Crippen molar-refractivity contribution in [3.05, 3.63) is 24.3 Å². The summed E-state index contributed by atoms with van der Waals surface area (Å²) in [5, 5.41) is 6.39. The predicted octanol–water partition coefficient (Wildman–Crippen LogP) is 2.27. The Bertz CT molecular complexity index is 543. The van der Waals surface area contributed by atoms with Crippen LogP contribution < -0.4 is 15.4 Å². The second-order valence-electron chi connectivity index (χ2n) is 6.64. The lowest BCUT2D eigenvalue weighted by Gasteiger charge is -2.12. The molecule has 4 rings (SSSR count). The second-order valence-corrected chi connectivity index (χ2v) is 6.64. The van der Waals surface area contributed by atoms with Gasteiger partial charge in [0.25, 0.3) is 0 Å².